The van der Waals surface area contributed by atoms with Crippen molar-refractivity contribution in [2.24, 2.45) is 12.0 Å². The molecule has 1 aliphatic carbocycles. The minimum atomic E-state index is 0.190. The summed E-state index contributed by atoms with van der Waals surface area (Å²) in [7, 11) is 1.92. The van der Waals surface area contributed by atoms with Crippen LogP contribution >= 0.6 is 11.6 Å². The van der Waals surface area contributed by atoms with Gasteiger partial charge in [-0.1, -0.05) is 23.7 Å². The van der Waals surface area contributed by atoms with E-state index in [0.29, 0.717) is 6.54 Å². The van der Waals surface area contributed by atoms with E-state index in [4.69, 9.17) is 11.6 Å². The molecule has 0 unspecified atom stereocenters. The van der Waals surface area contributed by atoms with Crippen LogP contribution < -0.4 is 10.6 Å². The minimum Gasteiger partial charge on any atom is -0.357 e. The lowest BCUT2D eigenvalue weighted by Gasteiger charge is -2.19. The monoisotopic (exact) mass is 345 g/mol. The fourth-order valence-electron chi connectivity index (χ4n) is 2.86. The lowest BCUT2D eigenvalue weighted by atomic mass is 9.96. The Morgan fingerprint density at radius 2 is 2.21 bits per heavy atom. The fourth-order valence-corrected chi connectivity index (χ4v) is 3.05. The number of hydrogen-bond donors (Lipinski definition) is 2. The zero-order valence-electron chi connectivity index (χ0n) is 14.2. The van der Waals surface area contributed by atoms with Crippen LogP contribution in [0.25, 0.3) is 0 Å². The molecule has 1 heterocycles. The molecule has 2 N–H and O–H groups in total. The molecule has 6 heteroatoms. The molecule has 1 aromatic heterocycles. The predicted molar refractivity (Wildman–Crippen MR) is 98.4 cm³/mol. The zero-order valence-corrected chi connectivity index (χ0v) is 15.0. The van der Waals surface area contributed by atoms with Crippen molar-refractivity contribution in [2.75, 3.05) is 13.1 Å². The van der Waals surface area contributed by atoms with Crippen molar-refractivity contribution in [3.8, 4) is 0 Å². The first-order valence-electron chi connectivity index (χ1n) is 8.37. The van der Waals surface area contributed by atoms with Crippen molar-refractivity contribution in [2.45, 2.75) is 31.7 Å². The van der Waals surface area contributed by atoms with Crippen LogP contribution in [0.1, 0.15) is 30.9 Å². The van der Waals surface area contributed by atoms with Gasteiger partial charge >= 0.3 is 0 Å². The summed E-state index contributed by atoms with van der Waals surface area (Å²) in [6.07, 6.45) is 6.20. The van der Waals surface area contributed by atoms with E-state index in [1.54, 1.807) is 4.68 Å². The summed E-state index contributed by atoms with van der Waals surface area (Å²) in [5.74, 6) is 0.842. The van der Waals surface area contributed by atoms with Gasteiger partial charge in [-0.3, -0.25) is 4.68 Å². The second kappa shape index (κ2) is 7.26. The van der Waals surface area contributed by atoms with Gasteiger partial charge in [0.05, 0.1) is 12.7 Å². The number of nitrogens with zero attached hydrogens (tertiary/aromatic N) is 3. The van der Waals surface area contributed by atoms with Crippen LogP contribution in [0.4, 0.5) is 0 Å². The lowest BCUT2D eigenvalue weighted by Crippen LogP contribution is -2.41. The van der Waals surface area contributed by atoms with Gasteiger partial charge in [-0.05, 0) is 37.5 Å². The number of aryl methyl sites for hydroxylation is 1. The van der Waals surface area contributed by atoms with Crippen molar-refractivity contribution >= 4 is 17.6 Å². The van der Waals surface area contributed by atoms with Gasteiger partial charge in [0, 0.05) is 42.3 Å². The maximum atomic E-state index is 6.15. The van der Waals surface area contributed by atoms with Crippen molar-refractivity contribution in [1.29, 1.82) is 0 Å². The van der Waals surface area contributed by atoms with Crippen LogP contribution in [0, 0.1) is 0 Å². The molecule has 1 fully saturated rings. The van der Waals surface area contributed by atoms with E-state index in [1.807, 2.05) is 31.6 Å². The van der Waals surface area contributed by atoms with E-state index in [2.05, 4.69) is 39.8 Å². The summed E-state index contributed by atoms with van der Waals surface area (Å²) in [6, 6.07) is 8.20. The summed E-state index contributed by atoms with van der Waals surface area (Å²) in [6.45, 7) is 4.40. The molecule has 0 aliphatic heterocycles. The average Bonchev–Trinajstić information content (AvgIpc) is 3.25. The van der Waals surface area contributed by atoms with E-state index in [0.717, 1.165) is 29.6 Å². The van der Waals surface area contributed by atoms with E-state index in [-0.39, 0.29) is 5.41 Å². The first kappa shape index (κ1) is 16.8. The van der Waals surface area contributed by atoms with Gasteiger partial charge in [0.15, 0.2) is 5.96 Å². The quantitative estimate of drug-likeness (QED) is 0.625. The largest absolute Gasteiger partial charge is 0.357 e. The Hall–Kier alpha value is -2.01. The van der Waals surface area contributed by atoms with Crippen molar-refractivity contribution in [3.63, 3.8) is 0 Å². The third-order valence-electron chi connectivity index (χ3n) is 4.41. The minimum absolute atomic E-state index is 0.190. The molecule has 128 valence electrons. The second-order valence-electron chi connectivity index (χ2n) is 6.36. The molecular formula is C18H24ClN5. The summed E-state index contributed by atoms with van der Waals surface area (Å²) in [5, 5.41) is 11.8. The van der Waals surface area contributed by atoms with Crippen LogP contribution in [0.3, 0.4) is 0 Å². The van der Waals surface area contributed by atoms with Gasteiger partial charge in [-0.2, -0.15) is 5.10 Å². The van der Waals surface area contributed by atoms with Crippen molar-refractivity contribution in [3.05, 3.63) is 52.8 Å². The van der Waals surface area contributed by atoms with Crippen LogP contribution in [-0.2, 0) is 19.0 Å². The standard InChI is InChI=1S/C18H24ClN5/c1-3-20-17(21-10-14-11-23-24(2)12-14)22-13-18(7-8-18)15-5-4-6-16(19)9-15/h4-6,9,11-12H,3,7-8,10,13H2,1-2H3,(H2,20,21,22). The Balaban J connectivity index is 1.63. The third-order valence-corrected chi connectivity index (χ3v) is 4.64. The van der Waals surface area contributed by atoms with Gasteiger partial charge in [-0.15, -0.1) is 0 Å². The zero-order chi connectivity index (χ0) is 17.0. The number of guanidine groups is 1. The molecule has 0 atom stereocenters. The smallest absolute Gasteiger partial charge is 0.191 e. The summed E-state index contributed by atoms with van der Waals surface area (Å²) in [4.78, 5) is 4.65. The Labute approximate surface area is 148 Å². The first-order chi connectivity index (χ1) is 11.6. The maximum absolute atomic E-state index is 6.15. The molecule has 0 bridgehead atoms. The number of hydrogen-bond acceptors (Lipinski definition) is 2. The third kappa shape index (κ3) is 4.09. The van der Waals surface area contributed by atoms with Gasteiger partial charge in [-0.25, -0.2) is 4.99 Å². The first-order valence-corrected chi connectivity index (χ1v) is 8.75. The van der Waals surface area contributed by atoms with E-state index in [9.17, 15) is 0 Å². The molecule has 1 aromatic carbocycles. The molecular weight excluding hydrogens is 322 g/mol. The highest BCUT2D eigenvalue weighted by atomic mass is 35.5. The number of halogens is 1. The van der Waals surface area contributed by atoms with Crippen molar-refractivity contribution in [1.82, 2.24) is 20.4 Å². The molecule has 0 amide bonds. The number of benzene rings is 1. The molecule has 0 radical (unpaired) electrons. The predicted octanol–water partition coefficient (Wildman–Crippen LogP) is 2.86. The Kier molecular flexibility index (Phi) is 5.09. The normalized spacial score (nSPS) is 16.0. The number of aromatic nitrogens is 2. The summed E-state index contributed by atoms with van der Waals surface area (Å²) in [5.41, 5.74) is 2.60. The summed E-state index contributed by atoms with van der Waals surface area (Å²) >= 11 is 6.15. The number of aliphatic imine (C=N–C) groups is 1. The van der Waals surface area contributed by atoms with Crippen LogP contribution in [0.2, 0.25) is 5.02 Å². The Morgan fingerprint density at radius 3 is 2.83 bits per heavy atom. The van der Waals surface area contributed by atoms with Gasteiger partial charge < -0.3 is 10.6 Å². The molecule has 24 heavy (non-hydrogen) atoms. The Morgan fingerprint density at radius 1 is 1.38 bits per heavy atom. The van der Waals surface area contributed by atoms with E-state index >= 15 is 0 Å². The molecule has 0 spiro atoms. The average molecular weight is 346 g/mol. The summed E-state index contributed by atoms with van der Waals surface area (Å²) < 4.78 is 1.80. The highest BCUT2D eigenvalue weighted by Gasteiger charge is 2.44. The molecule has 0 saturated heterocycles. The number of nitrogens with one attached hydrogen (secondary N) is 2. The van der Waals surface area contributed by atoms with E-state index in [1.165, 1.54) is 18.4 Å². The molecule has 1 saturated carbocycles. The van der Waals surface area contributed by atoms with Crippen LogP contribution in [0.15, 0.2) is 41.7 Å². The topological polar surface area (TPSA) is 54.2 Å². The molecule has 3 rings (SSSR count). The van der Waals surface area contributed by atoms with Crippen LogP contribution in [-0.4, -0.2) is 28.8 Å². The maximum Gasteiger partial charge on any atom is 0.191 e. The number of rotatable bonds is 6. The van der Waals surface area contributed by atoms with Gasteiger partial charge in [0.25, 0.3) is 0 Å². The van der Waals surface area contributed by atoms with E-state index < -0.39 is 0 Å². The Bertz CT molecular complexity index is 718. The molecule has 2 aromatic rings. The van der Waals surface area contributed by atoms with Crippen molar-refractivity contribution < 1.29 is 0 Å². The second-order valence-corrected chi connectivity index (χ2v) is 6.80. The lowest BCUT2D eigenvalue weighted by molar-refractivity contribution is 0.646. The highest BCUT2D eigenvalue weighted by Crippen LogP contribution is 2.48. The molecule has 5 nitrogen and oxygen atoms in total. The van der Waals surface area contributed by atoms with Gasteiger partial charge in [0.2, 0.25) is 0 Å². The SMILES string of the molecule is CCNC(=NCc1cnn(C)c1)NCC1(c2cccc(Cl)c2)CC1. The van der Waals surface area contributed by atoms with Gasteiger partial charge in [0.1, 0.15) is 0 Å². The molecule has 1 aliphatic rings. The van der Waals surface area contributed by atoms with Crippen LogP contribution in [0.5, 0.6) is 0 Å². The fraction of sp³-hybridized carbons (Fsp3) is 0.444. The highest BCUT2D eigenvalue weighted by molar-refractivity contribution is 6.30.